The Labute approximate surface area is 165 Å². The Kier molecular flexibility index (Phi) is 4.79. The number of rotatable bonds is 5. The van der Waals surface area contributed by atoms with Crippen LogP contribution in [0.1, 0.15) is 20.8 Å². The largest absolute Gasteiger partial charge is 0.494 e. The van der Waals surface area contributed by atoms with Gasteiger partial charge in [0.05, 0.1) is 22.8 Å². The van der Waals surface area contributed by atoms with E-state index in [0.29, 0.717) is 36.0 Å². The van der Waals surface area contributed by atoms with Gasteiger partial charge in [-0.05, 0) is 29.8 Å². The summed E-state index contributed by atoms with van der Waals surface area (Å²) in [5.41, 5.74) is 2.49. The lowest BCUT2D eigenvalue weighted by molar-refractivity contribution is 0.0774. The van der Waals surface area contributed by atoms with Crippen molar-refractivity contribution in [2.45, 2.75) is 6.42 Å². The predicted molar refractivity (Wildman–Crippen MR) is 107 cm³/mol. The van der Waals surface area contributed by atoms with Gasteiger partial charge in [-0.2, -0.15) is 0 Å². The Balaban J connectivity index is 1.43. The number of nitrogens with one attached hydrogen (secondary N) is 1. The number of hydrogen-bond donors (Lipinski definition) is 2. The molecule has 144 valence electrons. The third kappa shape index (κ3) is 3.59. The highest BCUT2D eigenvalue weighted by atomic mass is 32.1. The zero-order valence-electron chi connectivity index (χ0n) is 15.2. The lowest BCUT2D eigenvalue weighted by Gasteiger charge is -2.35. The topological polar surface area (TPSA) is 85.9 Å². The van der Waals surface area contributed by atoms with Gasteiger partial charge in [0.25, 0.3) is 5.91 Å². The summed E-state index contributed by atoms with van der Waals surface area (Å²) in [6.45, 7) is 0.772. The Morgan fingerprint density at radius 1 is 1.14 bits per heavy atom. The van der Waals surface area contributed by atoms with Crippen molar-refractivity contribution in [3.63, 3.8) is 0 Å². The molecule has 8 heteroatoms. The van der Waals surface area contributed by atoms with Crippen LogP contribution in [0.3, 0.4) is 0 Å². The van der Waals surface area contributed by atoms with E-state index in [9.17, 15) is 14.7 Å². The predicted octanol–water partition coefficient (Wildman–Crippen LogP) is 2.62. The molecule has 1 aliphatic heterocycles. The minimum Gasteiger partial charge on any atom is -0.494 e. The zero-order valence-corrected chi connectivity index (χ0v) is 16.0. The molecule has 0 spiro atoms. The fraction of sp³-hybridized carbons (Fsp3) is 0.200. The Morgan fingerprint density at radius 2 is 1.89 bits per heavy atom. The Bertz CT molecular complexity index is 1060. The summed E-state index contributed by atoms with van der Waals surface area (Å²) < 4.78 is 5.90. The highest BCUT2D eigenvalue weighted by Gasteiger charge is 2.26. The molecule has 2 heterocycles. The Hall–Kier alpha value is -3.26. The van der Waals surface area contributed by atoms with Gasteiger partial charge in [-0.1, -0.05) is 35.6 Å². The summed E-state index contributed by atoms with van der Waals surface area (Å²) in [6.07, 6.45) is 0.474. The number of aromatic hydroxyl groups is 1. The molecule has 1 aromatic heterocycles. The summed E-state index contributed by atoms with van der Waals surface area (Å²) in [4.78, 5) is 29.9. The van der Waals surface area contributed by atoms with Crippen molar-refractivity contribution < 1.29 is 14.6 Å². The number of benzene rings is 2. The van der Waals surface area contributed by atoms with E-state index in [0.717, 1.165) is 22.6 Å². The summed E-state index contributed by atoms with van der Waals surface area (Å²) in [5, 5.41) is 9.69. The van der Waals surface area contributed by atoms with E-state index in [1.54, 1.807) is 11.9 Å². The van der Waals surface area contributed by atoms with Crippen molar-refractivity contribution in [3.05, 3.63) is 74.2 Å². The van der Waals surface area contributed by atoms with E-state index in [1.807, 2.05) is 53.4 Å². The molecule has 0 saturated heterocycles. The molecular weight excluding hydrogens is 378 g/mol. The van der Waals surface area contributed by atoms with Crippen LogP contribution in [0.15, 0.2) is 53.3 Å². The molecule has 0 fully saturated rings. The SMILES string of the molecule is CN1CN(COc2ccc(Cc3sc(=O)[nH]c3O)cc2)c2ccccc2C1=O. The van der Waals surface area contributed by atoms with Gasteiger partial charge >= 0.3 is 4.87 Å². The molecular formula is C20H19N3O4S. The van der Waals surface area contributed by atoms with Crippen LogP contribution in [0.2, 0.25) is 0 Å². The van der Waals surface area contributed by atoms with Gasteiger partial charge in [-0.25, -0.2) is 0 Å². The van der Waals surface area contributed by atoms with Crippen LogP contribution in [0.4, 0.5) is 5.69 Å². The summed E-state index contributed by atoms with van der Waals surface area (Å²) in [5.74, 6) is 0.636. The number of aromatic amines is 1. The van der Waals surface area contributed by atoms with E-state index in [2.05, 4.69) is 4.98 Å². The molecule has 0 atom stereocenters. The van der Waals surface area contributed by atoms with E-state index in [4.69, 9.17) is 4.74 Å². The lowest BCUT2D eigenvalue weighted by atomic mass is 10.1. The molecule has 0 saturated carbocycles. The summed E-state index contributed by atoms with van der Waals surface area (Å²) in [7, 11) is 1.77. The minimum atomic E-state index is -0.266. The zero-order chi connectivity index (χ0) is 19.7. The van der Waals surface area contributed by atoms with E-state index in [-0.39, 0.29) is 16.7 Å². The summed E-state index contributed by atoms with van der Waals surface area (Å²) >= 11 is 1.01. The first-order chi connectivity index (χ1) is 13.5. The standard InChI is InChI=1S/C20H19N3O4S/c1-22-11-23(16-5-3-2-4-15(16)19(22)25)12-27-14-8-6-13(7-9-14)10-17-18(24)21-20(26)28-17/h2-9,24H,10-12H2,1H3,(H,21,26). The third-order valence-electron chi connectivity index (χ3n) is 4.58. The number of thiazole rings is 1. The smallest absolute Gasteiger partial charge is 0.307 e. The number of hydrogen-bond acceptors (Lipinski definition) is 6. The number of fused-ring (bicyclic) bond motifs is 1. The molecule has 4 rings (SSSR count). The number of H-pyrrole nitrogens is 1. The molecule has 0 radical (unpaired) electrons. The lowest BCUT2D eigenvalue weighted by Crippen LogP contribution is -2.46. The van der Waals surface area contributed by atoms with Crippen molar-refractivity contribution >= 4 is 22.9 Å². The normalized spacial score (nSPS) is 13.5. The van der Waals surface area contributed by atoms with Crippen LogP contribution in [-0.2, 0) is 6.42 Å². The first-order valence-corrected chi connectivity index (χ1v) is 9.55. The minimum absolute atomic E-state index is 0.00603. The molecule has 7 nitrogen and oxygen atoms in total. The average molecular weight is 397 g/mol. The molecule has 1 amide bonds. The quantitative estimate of drug-likeness (QED) is 0.691. The van der Waals surface area contributed by atoms with Gasteiger partial charge in [0.1, 0.15) is 5.75 Å². The highest BCUT2D eigenvalue weighted by Crippen LogP contribution is 2.27. The fourth-order valence-electron chi connectivity index (χ4n) is 3.16. The fourth-order valence-corrected chi connectivity index (χ4v) is 3.91. The number of carbonyl (C=O) groups is 1. The molecule has 0 bridgehead atoms. The van der Waals surface area contributed by atoms with Crippen LogP contribution in [0, 0.1) is 0 Å². The van der Waals surface area contributed by atoms with E-state index < -0.39 is 0 Å². The monoisotopic (exact) mass is 397 g/mol. The number of nitrogens with zero attached hydrogens (tertiary/aromatic N) is 2. The second-order valence-corrected chi connectivity index (χ2v) is 7.65. The van der Waals surface area contributed by atoms with Gasteiger partial charge in [0.2, 0.25) is 5.88 Å². The second kappa shape index (κ2) is 7.40. The van der Waals surface area contributed by atoms with Crippen molar-refractivity contribution in [3.8, 4) is 11.6 Å². The third-order valence-corrected chi connectivity index (χ3v) is 5.45. The van der Waals surface area contributed by atoms with Crippen LogP contribution in [0.5, 0.6) is 11.6 Å². The van der Waals surface area contributed by atoms with Crippen LogP contribution < -0.4 is 14.5 Å². The van der Waals surface area contributed by atoms with Crippen LogP contribution >= 0.6 is 11.3 Å². The van der Waals surface area contributed by atoms with Gasteiger partial charge in [0.15, 0.2) is 6.73 Å². The maximum atomic E-state index is 12.3. The molecule has 28 heavy (non-hydrogen) atoms. The first kappa shape index (κ1) is 18.1. The number of carbonyl (C=O) groups excluding carboxylic acids is 1. The summed E-state index contributed by atoms with van der Waals surface area (Å²) in [6, 6.07) is 15.0. The second-order valence-electron chi connectivity index (χ2n) is 6.58. The van der Waals surface area contributed by atoms with Crippen molar-refractivity contribution in [2.24, 2.45) is 0 Å². The van der Waals surface area contributed by atoms with Crippen molar-refractivity contribution in [2.75, 3.05) is 25.3 Å². The van der Waals surface area contributed by atoms with Gasteiger partial charge in [-0.15, -0.1) is 0 Å². The number of amides is 1. The van der Waals surface area contributed by atoms with Gasteiger partial charge in [-0.3, -0.25) is 14.6 Å². The molecule has 1 aliphatic rings. The van der Waals surface area contributed by atoms with Gasteiger partial charge < -0.3 is 19.6 Å². The number of aromatic nitrogens is 1. The highest BCUT2D eigenvalue weighted by molar-refractivity contribution is 7.09. The molecule has 2 N–H and O–H groups in total. The van der Waals surface area contributed by atoms with Crippen molar-refractivity contribution in [1.29, 1.82) is 0 Å². The van der Waals surface area contributed by atoms with Crippen molar-refractivity contribution in [1.82, 2.24) is 9.88 Å². The van der Waals surface area contributed by atoms with Gasteiger partial charge in [0, 0.05) is 13.5 Å². The van der Waals surface area contributed by atoms with E-state index >= 15 is 0 Å². The molecule has 3 aromatic rings. The maximum absolute atomic E-state index is 12.3. The molecule has 0 aliphatic carbocycles. The number of anilines is 1. The average Bonchev–Trinajstić information content (AvgIpc) is 3.01. The van der Waals surface area contributed by atoms with Crippen LogP contribution in [0.25, 0.3) is 0 Å². The number of para-hydroxylation sites is 1. The number of ether oxygens (including phenoxy) is 1. The Morgan fingerprint density at radius 3 is 2.61 bits per heavy atom. The van der Waals surface area contributed by atoms with E-state index in [1.165, 1.54) is 0 Å². The molecule has 0 unspecified atom stereocenters. The maximum Gasteiger partial charge on any atom is 0.307 e. The van der Waals surface area contributed by atoms with Crippen LogP contribution in [-0.4, -0.2) is 41.3 Å². The molecule has 2 aromatic carbocycles. The first-order valence-electron chi connectivity index (χ1n) is 8.73.